The highest BCUT2D eigenvalue weighted by Gasteiger charge is 2.17. The van der Waals surface area contributed by atoms with Gasteiger partial charge in [-0.15, -0.1) is 0 Å². The third-order valence-corrected chi connectivity index (χ3v) is 0.868. The summed E-state index contributed by atoms with van der Waals surface area (Å²) in [5.41, 5.74) is 4.68. The molecule has 0 unspecified atom stereocenters. The summed E-state index contributed by atoms with van der Waals surface area (Å²) in [6, 6.07) is 0. The topological polar surface area (TPSA) is 89.6 Å². The van der Waals surface area contributed by atoms with Gasteiger partial charge < -0.3 is 15.6 Å². The van der Waals surface area contributed by atoms with Gasteiger partial charge in [-0.1, -0.05) is 0 Å². The minimum absolute atomic E-state index is 0.396. The number of hydrogen-bond donors (Lipinski definition) is 2. The van der Waals surface area contributed by atoms with Gasteiger partial charge in [0.1, 0.15) is 0 Å². The molecule has 1 atom stereocenters. The normalized spacial score (nSPS) is 12.2. The van der Waals surface area contributed by atoms with Gasteiger partial charge in [-0.05, 0) is 0 Å². The Kier molecular flexibility index (Phi) is 3.42. The monoisotopic (exact) mass is 147 g/mol. The SMILES string of the molecule is COC(=O)[C@H](O)CC(N)=O. The maximum absolute atomic E-state index is 10.4. The van der Waals surface area contributed by atoms with Crippen LogP contribution in [0.1, 0.15) is 6.42 Å². The summed E-state index contributed by atoms with van der Waals surface area (Å²) in [5, 5.41) is 8.71. The van der Waals surface area contributed by atoms with Crippen molar-refractivity contribution in [2.24, 2.45) is 5.73 Å². The van der Waals surface area contributed by atoms with Gasteiger partial charge in [-0.25, -0.2) is 4.79 Å². The lowest BCUT2D eigenvalue weighted by Gasteiger charge is -2.03. The average molecular weight is 147 g/mol. The van der Waals surface area contributed by atoms with Crippen molar-refractivity contribution < 1.29 is 19.4 Å². The van der Waals surface area contributed by atoms with E-state index in [1.54, 1.807) is 0 Å². The van der Waals surface area contributed by atoms with Gasteiger partial charge in [-0.2, -0.15) is 0 Å². The number of rotatable bonds is 3. The van der Waals surface area contributed by atoms with Crippen molar-refractivity contribution in [1.29, 1.82) is 0 Å². The molecule has 0 rings (SSSR count). The number of primary amides is 1. The minimum Gasteiger partial charge on any atom is -0.467 e. The highest BCUT2D eigenvalue weighted by atomic mass is 16.5. The van der Waals surface area contributed by atoms with Crippen LogP contribution in [0, 0.1) is 0 Å². The van der Waals surface area contributed by atoms with Crippen LogP contribution in [0.3, 0.4) is 0 Å². The number of ether oxygens (including phenoxy) is 1. The molecule has 0 fully saturated rings. The van der Waals surface area contributed by atoms with E-state index in [0.29, 0.717) is 0 Å². The summed E-state index contributed by atoms with van der Waals surface area (Å²) in [6.07, 6.45) is -1.82. The van der Waals surface area contributed by atoms with E-state index in [1.165, 1.54) is 0 Å². The first-order valence-corrected chi connectivity index (χ1v) is 2.62. The summed E-state index contributed by atoms with van der Waals surface area (Å²) < 4.78 is 4.12. The first-order chi connectivity index (χ1) is 4.57. The number of methoxy groups -OCH3 is 1. The number of nitrogens with two attached hydrogens (primary N) is 1. The van der Waals surface area contributed by atoms with Gasteiger partial charge in [0.25, 0.3) is 0 Å². The van der Waals surface area contributed by atoms with E-state index in [0.717, 1.165) is 7.11 Å². The van der Waals surface area contributed by atoms with Crippen molar-refractivity contribution >= 4 is 11.9 Å². The molecular weight excluding hydrogens is 138 g/mol. The zero-order chi connectivity index (χ0) is 8.15. The first-order valence-electron chi connectivity index (χ1n) is 2.62. The van der Waals surface area contributed by atoms with Crippen molar-refractivity contribution in [3.05, 3.63) is 0 Å². The quantitative estimate of drug-likeness (QED) is 0.470. The number of hydrogen-bond acceptors (Lipinski definition) is 4. The van der Waals surface area contributed by atoms with E-state index in [1.807, 2.05) is 0 Å². The fourth-order valence-corrected chi connectivity index (χ4v) is 0.410. The van der Waals surface area contributed by atoms with Crippen molar-refractivity contribution in [3.63, 3.8) is 0 Å². The van der Waals surface area contributed by atoms with Crippen LogP contribution in [0.4, 0.5) is 0 Å². The summed E-state index contributed by atoms with van der Waals surface area (Å²) in [4.78, 5) is 20.5. The molecule has 58 valence electrons. The lowest BCUT2D eigenvalue weighted by molar-refractivity contribution is -0.152. The molecule has 5 heteroatoms. The molecule has 0 aliphatic rings. The highest BCUT2D eigenvalue weighted by Crippen LogP contribution is 1.91. The zero-order valence-electron chi connectivity index (χ0n) is 5.53. The Labute approximate surface area is 57.8 Å². The minimum atomic E-state index is -1.43. The molecule has 0 aliphatic carbocycles. The molecule has 0 heterocycles. The van der Waals surface area contributed by atoms with Crippen LogP contribution >= 0.6 is 0 Å². The molecule has 0 saturated heterocycles. The number of aliphatic hydroxyl groups is 1. The Bertz CT molecular complexity index is 145. The van der Waals surface area contributed by atoms with Crippen molar-refractivity contribution in [2.45, 2.75) is 12.5 Å². The van der Waals surface area contributed by atoms with Crippen LogP contribution in [-0.2, 0) is 14.3 Å². The van der Waals surface area contributed by atoms with Crippen LogP contribution < -0.4 is 5.73 Å². The Morgan fingerprint density at radius 3 is 2.50 bits per heavy atom. The zero-order valence-corrected chi connectivity index (χ0v) is 5.53. The van der Waals surface area contributed by atoms with Gasteiger partial charge in [0.2, 0.25) is 5.91 Å². The molecule has 0 aromatic rings. The molecule has 3 N–H and O–H groups in total. The maximum Gasteiger partial charge on any atom is 0.335 e. The lowest BCUT2D eigenvalue weighted by Crippen LogP contribution is -2.27. The Morgan fingerprint density at radius 2 is 2.20 bits per heavy atom. The van der Waals surface area contributed by atoms with Crippen LogP contribution in [0.15, 0.2) is 0 Å². The second-order valence-corrected chi connectivity index (χ2v) is 1.71. The van der Waals surface area contributed by atoms with Crippen molar-refractivity contribution in [2.75, 3.05) is 7.11 Å². The van der Waals surface area contributed by atoms with Crippen LogP contribution in [0.25, 0.3) is 0 Å². The second kappa shape index (κ2) is 3.84. The summed E-state index contributed by atoms with van der Waals surface area (Å²) in [6.45, 7) is 0. The second-order valence-electron chi connectivity index (χ2n) is 1.71. The number of esters is 1. The fourth-order valence-electron chi connectivity index (χ4n) is 0.410. The lowest BCUT2D eigenvalue weighted by atomic mass is 10.2. The average Bonchev–Trinajstić information content (AvgIpc) is 1.85. The maximum atomic E-state index is 10.4. The molecule has 0 aromatic heterocycles. The molecule has 0 radical (unpaired) electrons. The van der Waals surface area contributed by atoms with Gasteiger partial charge in [0.05, 0.1) is 13.5 Å². The molecule has 0 spiro atoms. The number of aliphatic hydroxyl groups excluding tert-OH is 1. The van der Waals surface area contributed by atoms with Crippen LogP contribution in [-0.4, -0.2) is 30.2 Å². The summed E-state index contributed by atoms with van der Waals surface area (Å²) in [5.74, 6) is -1.59. The predicted molar refractivity (Wildman–Crippen MR) is 31.8 cm³/mol. The molecule has 0 saturated carbocycles. The van der Waals surface area contributed by atoms with E-state index < -0.39 is 24.4 Å². The molecule has 5 nitrogen and oxygen atoms in total. The van der Waals surface area contributed by atoms with E-state index in [4.69, 9.17) is 5.11 Å². The van der Waals surface area contributed by atoms with Crippen LogP contribution in [0.2, 0.25) is 0 Å². The Balaban J connectivity index is 3.72. The van der Waals surface area contributed by atoms with Crippen molar-refractivity contribution in [1.82, 2.24) is 0 Å². The molecule has 10 heavy (non-hydrogen) atoms. The summed E-state index contributed by atoms with van der Waals surface area (Å²) in [7, 11) is 1.12. The molecule has 0 aliphatic heterocycles. The molecule has 0 aromatic carbocycles. The van der Waals surface area contributed by atoms with Gasteiger partial charge in [-0.3, -0.25) is 4.79 Å². The smallest absolute Gasteiger partial charge is 0.335 e. The van der Waals surface area contributed by atoms with E-state index in [2.05, 4.69) is 10.5 Å². The molecule has 1 amide bonds. The standard InChI is InChI=1S/C5H9NO4/c1-10-5(9)3(7)2-4(6)8/h3,7H,2H2,1H3,(H2,6,8)/t3-/m1/s1. The first kappa shape index (κ1) is 8.90. The number of amides is 1. The van der Waals surface area contributed by atoms with Gasteiger partial charge >= 0.3 is 5.97 Å². The Morgan fingerprint density at radius 1 is 1.70 bits per heavy atom. The third kappa shape index (κ3) is 3.03. The summed E-state index contributed by atoms with van der Waals surface area (Å²) >= 11 is 0. The van der Waals surface area contributed by atoms with E-state index >= 15 is 0 Å². The van der Waals surface area contributed by atoms with E-state index in [9.17, 15) is 9.59 Å². The van der Waals surface area contributed by atoms with Gasteiger partial charge in [0.15, 0.2) is 6.10 Å². The van der Waals surface area contributed by atoms with E-state index in [-0.39, 0.29) is 0 Å². The highest BCUT2D eigenvalue weighted by molar-refractivity contribution is 5.83. The molecular formula is C5H9NO4. The van der Waals surface area contributed by atoms with Crippen LogP contribution in [0.5, 0.6) is 0 Å². The Hall–Kier alpha value is -1.10. The number of carbonyl (C=O) groups is 2. The molecule has 0 bridgehead atoms. The van der Waals surface area contributed by atoms with Crippen molar-refractivity contribution in [3.8, 4) is 0 Å². The van der Waals surface area contributed by atoms with Gasteiger partial charge in [0, 0.05) is 0 Å². The number of carbonyl (C=O) groups excluding carboxylic acids is 2. The third-order valence-electron chi connectivity index (χ3n) is 0.868. The fraction of sp³-hybridized carbons (Fsp3) is 0.600. The predicted octanol–water partition coefficient (Wildman–Crippen LogP) is -1.60. The largest absolute Gasteiger partial charge is 0.467 e.